The number of carbonyl (C=O) groups is 2. The lowest BCUT2D eigenvalue weighted by atomic mass is 10.0. The fourth-order valence-corrected chi connectivity index (χ4v) is 3.24. The summed E-state index contributed by atoms with van der Waals surface area (Å²) in [4.78, 5) is 24.8. The third kappa shape index (κ3) is 4.11. The number of nitrogens with one attached hydrogen (secondary N) is 1. The van der Waals surface area contributed by atoms with Crippen molar-refractivity contribution in [1.82, 2.24) is 5.32 Å². The van der Waals surface area contributed by atoms with Gasteiger partial charge < -0.3 is 10.1 Å². The van der Waals surface area contributed by atoms with Crippen molar-refractivity contribution < 1.29 is 14.3 Å². The van der Waals surface area contributed by atoms with Gasteiger partial charge >= 0.3 is 5.97 Å². The first-order valence-electron chi connectivity index (χ1n) is 8.19. The Hall–Kier alpha value is -2.66. The molecule has 3 aromatic rings. The van der Waals surface area contributed by atoms with Gasteiger partial charge in [-0.3, -0.25) is 4.79 Å². The molecule has 3 rings (SSSR count). The predicted molar refractivity (Wildman–Crippen MR) is 105 cm³/mol. The lowest BCUT2D eigenvalue weighted by Gasteiger charge is -2.17. The molecule has 1 amide bonds. The molecule has 1 atom stereocenters. The molecule has 0 aliphatic rings. The Balaban J connectivity index is 1.82. The molecule has 0 saturated carbocycles. The number of halogens is 1. The summed E-state index contributed by atoms with van der Waals surface area (Å²) in [5, 5.41) is 4.82. The molecule has 0 heterocycles. The number of esters is 1. The van der Waals surface area contributed by atoms with E-state index in [0.717, 1.165) is 20.8 Å². The number of amides is 1. The molecule has 5 heteroatoms. The molecule has 0 spiro atoms. The second-order valence-corrected chi connectivity index (χ2v) is 6.76. The lowest BCUT2D eigenvalue weighted by Crippen LogP contribution is -2.43. The van der Waals surface area contributed by atoms with Crippen LogP contribution < -0.4 is 5.32 Å². The largest absolute Gasteiger partial charge is 0.467 e. The predicted octanol–water partition coefficient (Wildman–Crippen LogP) is 4.12. The fourth-order valence-electron chi connectivity index (χ4n) is 2.79. The van der Waals surface area contributed by atoms with Crippen LogP contribution in [0.4, 0.5) is 0 Å². The van der Waals surface area contributed by atoms with Crippen molar-refractivity contribution in [2.75, 3.05) is 7.11 Å². The highest BCUT2D eigenvalue weighted by molar-refractivity contribution is 9.10. The van der Waals surface area contributed by atoms with E-state index in [9.17, 15) is 9.59 Å². The highest BCUT2D eigenvalue weighted by atomic mass is 79.9. The molecule has 1 N–H and O–H groups in total. The van der Waals surface area contributed by atoms with E-state index in [1.807, 2.05) is 60.7 Å². The van der Waals surface area contributed by atoms with E-state index < -0.39 is 12.0 Å². The fraction of sp³-hybridized carbons (Fsp3) is 0.143. The molecule has 0 saturated heterocycles. The number of fused-ring (bicyclic) bond motifs is 1. The number of rotatable bonds is 5. The molecule has 0 aliphatic heterocycles. The standard InChI is InChI=1S/C21H18BrNO3/c1-26-21(25)19(13-16-8-4-5-9-18(16)22)23-20(24)17-11-10-14-6-2-3-7-15(14)12-17/h2-12,19H,13H2,1H3,(H,23,24)/t19-/m1/s1. The van der Waals surface area contributed by atoms with E-state index >= 15 is 0 Å². The van der Waals surface area contributed by atoms with Gasteiger partial charge in [0.15, 0.2) is 0 Å². The lowest BCUT2D eigenvalue weighted by molar-refractivity contribution is -0.142. The van der Waals surface area contributed by atoms with Crippen LogP contribution in [-0.2, 0) is 16.0 Å². The Morgan fingerprint density at radius 3 is 2.42 bits per heavy atom. The second-order valence-electron chi connectivity index (χ2n) is 5.91. The van der Waals surface area contributed by atoms with E-state index in [1.54, 1.807) is 6.07 Å². The molecule has 0 unspecified atom stereocenters. The molecule has 0 fully saturated rings. The van der Waals surface area contributed by atoms with Crippen LogP contribution in [0.2, 0.25) is 0 Å². The molecular weight excluding hydrogens is 394 g/mol. The van der Waals surface area contributed by atoms with E-state index in [-0.39, 0.29) is 5.91 Å². The maximum Gasteiger partial charge on any atom is 0.328 e. The molecule has 0 aromatic heterocycles. The van der Waals surface area contributed by atoms with Crippen LogP contribution in [0.15, 0.2) is 71.2 Å². The number of hydrogen-bond acceptors (Lipinski definition) is 3. The summed E-state index contributed by atoms with van der Waals surface area (Å²) >= 11 is 3.47. The maximum atomic E-state index is 12.7. The van der Waals surface area contributed by atoms with E-state index in [0.29, 0.717) is 12.0 Å². The Bertz CT molecular complexity index is 955. The normalized spacial score (nSPS) is 11.8. The van der Waals surface area contributed by atoms with Crippen LogP contribution in [-0.4, -0.2) is 25.0 Å². The van der Waals surface area contributed by atoms with Gasteiger partial charge in [0.1, 0.15) is 6.04 Å². The molecule has 0 bridgehead atoms. The third-order valence-corrected chi connectivity index (χ3v) is 4.96. The minimum atomic E-state index is -0.766. The zero-order valence-electron chi connectivity index (χ0n) is 14.2. The topological polar surface area (TPSA) is 55.4 Å². The van der Waals surface area contributed by atoms with Gasteiger partial charge in [-0.25, -0.2) is 4.79 Å². The average molecular weight is 412 g/mol. The van der Waals surface area contributed by atoms with Crippen LogP contribution in [0.25, 0.3) is 10.8 Å². The summed E-state index contributed by atoms with van der Waals surface area (Å²) in [6.45, 7) is 0. The zero-order chi connectivity index (χ0) is 18.5. The van der Waals surface area contributed by atoms with Gasteiger partial charge in [0, 0.05) is 16.5 Å². The average Bonchev–Trinajstić information content (AvgIpc) is 2.68. The van der Waals surface area contributed by atoms with Gasteiger partial charge in [-0.05, 0) is 34.5 Å². The van der Waals surface area contributed by atoms with E-state index in [2.05, 4.69) is 21.2 Å². The molecule has 132 valence electrons. The number of ether oxygens (including phenoxy) is 1. The summed E-state index contributed by atoms with van der Waals surface area (Å²) in [6.07, 6.45) is 0.341. The quantitative estimate of drug-likeness (QED) is 0.642. The Morgan fingerprint density at radius 1 is 1.00 bits per heavy atom. The van der Waals surface area contributed by atoms with Gasteiger partial charge in [0.25, 0.3) is 5.91 Å². The molecule has 0 aliphatic carbocycles. The molecule has 0 radical (unpaired) electrons. The second kappa shape index (κ2) is 8.15. The first-order valence-corrected chi connectivity index (χ1v) is 8.98. The number of hydrogen-bond donors (Lipinski definition) is 1. The van der Waals surface area contributed by atoms with Gasteiger partial charge in [-0.2, -0.15) is 0 Å². The minimum Gasteiger partial charge on any atom is -0.467 e. The number of methoxy groups -OCH3 is 1. The molecule has 26 heavy (non-hydrogen) atoms. The van der Waals surface area contributed by atoms with Crippen molar-refractivity contribution in [2.45, 2.75) is 12.5 Å². The molecule has 4 nitrogen and oxygen atoms in total. The van der Waals surface area contributed by atoms with Crippen molar-refractivity contribution in [2.24, 2.45) is 0 Å². The van der Waals surface area contributed by atoms with Crippen molar-refractivity contribution in [3.8, 4) is 0 Å². The van der Waals surface area contributed by atoms with Gasteiger partial charge in [0.05, 0.1) is 7.11 Å². The molecule has 3 aromatic carbocycles. The van der Waals surface area contributed by atoms with Crippen LogP contribution in [0.5, 0.6) is 0 Å². The summed E-state index contributed by atoms with van der Waals surface area (Å²) < 4.78 is 5.75. The zero-order valence-corrected chi connectivity index (χ0v) is 15.8. The van der Waals surface area contributed by atoms with Crippen molar-refractivity contribution in [3.05, 3.63) is 82.3 Å². The van der Waals surface area contributed by atoms with E-state index in [4.69, 9.17) is 4.74 Å². The monoisotopic (exact) mass is 411 g/mol. The smallest absolute Gasteiger partial charge is 0.328 e. The Kier molecular flexibility index (Phi) is 5.68. The SMILES string of the molecule is COC(=O)[C@@H](Cc1ccccc1Br)NC(=O)c1ccc2ccccc2c1. The highest BCUT2D eigenvalue weighted by Gasteiger charge is 2.23. The minimum absolute atomic E-state index is 0.307. The summed E-state index contributed by atoms with van der Waals surface area (Å²) in [5.41, 5.74) is 1.42. The first-order chi connectivity index (χ1) is 12.6. The van der Waals surface area contributed by atoms with Crippen molar-refractivity contribution >= 4 is 38.6 Å². The maximum absolute atomic E-state index is 12.7. The van der Waals surface area contributed by atoms with Crippen molar-refractivity contribution in [1.29, 1.82) is 0 Å². The van der Waals surface area contributed by atoms with E-state index in [1.165, 1.54) is 7.11 Å². The Labute approximate surface area is 160 Å². The highest BCUT2D eigenvalue weighted by Crippen LogP contribution is 2.19. The van der Waals surface area contributed by atoms with Gasteiger partial charge in [-0.1, -0.05) is 64.5 Å². The van der Waals surface area contributed by atoms with Crippen LogP contribution in [0, 0.1) is 0 Å². The third-order valence-electron chi connectivity index (χ3n) is 4.18. The first kappa shape index (κ1) is 18.1. The van der Waals surface area contributed by atoms with Crippen molar-refractivity contribution in [3.63, 3.8) is 0 Å². The summed E-state index contributed by atoms with van der Waals surface area (Å²) in [5.74, 6) is -0.784. The summed E-state index contributed by atoms with van der Waals surface area (Å²) in [6, 6.07) is 20.1. The number of benzene rings is 3. The molecular formula is C21H18BrNO3. The van der Waals surface area contributed by atoms with Crippen LogP contribution in [0.1, 0.15) is 15.9 Å². The van der Waals surface area contributed by atoms with Crippen LogP contribution in [0.3, 0.4) is 0 Å². The Morgan fingerprint density at radius 2 is 1.69 bits per heavy atom. The summed E-state index contributed by atoms with van der Waals surface area (Å²) in [7, 11) is 1.32. The van der Waals surface area contributed by atoms with Gasteiger partial charge in [0.2, 0.25) is 0 Å². The number of carbonyl (C=O) groups excluding carboxylic acids is 2. The van der Waals surface area contributed by atoms with Crippen LogP contribution >= 0.6 is 15.9 Å². The van der Waals surface area contributed by atoms with Gasteiger partial charge in [-0.15, -0.1) is 0 Å².